The SMILES string of the molecule is CCNC(=S)NN=CC=Cc1ccccc1[N+](=O)[O-]. The largest absolute Gasteiger partial charge is 0.362 e. The van der Waals surface area contributed by atoms with Crippen molar-refractivity contribution in [3.05, 3.63) is 46.0 Å². The Hall–Kier alpha value is -2.28. The normalized spacial score (nSPS) is 10.8. The summed E-state index contributed by atoms with van der Waals surface area (Å²) in [5, 5.41) is 17.9. The van der Waals surface area contributed by atoms with Crippen LogP contribution in [-0.2, 0) is 0 Å². The molecule has 0 aromatic heterocycles. The summed E-state index contributed by atoms with van der Waals surface area (Å²) in [4.78, 5) is 10.4. The monoisotopic (exact) mass is 278 g/mol. The Balaban J connectivity index is 2.60. The average Bonchev–Trinajstić information content (AvgIpc) is 2.39. The average molecular weight is 278 g/mol. The van der Waals surface area contributed by atoms with Crippen molar-refractivity contribution in [1.82, 2.24) is 10.7 Å². The van der Waals surface area contributed by atoms with Crippen LogP contribution in [0.3, 0.4) is 0 Å². The zero-order valence-corrected chi connectivity index (χ0v) is 11.2. The van der Waals surface area contributed by atoms with Crippen LogP contribution in [0.2, 0.25) is 0 Å². The molecule has 100 valence electrons. The first-order valence-corrected chi connectivity index (χ1v) is 6.03. The van der Waals surface area contributed by atoms with Crippen molar-refractivity contribution < 1.29 is 4.92 Å². The number of hydrogen-bond acceptors (Lipinski definition) is 4. The van der Waals surface area contributed by atoms with Crippen LogP contribution in [0.4, 0.5) is 5.69 Å². The minimum Gasteiger partial charge on any atom is -0.362 e. The lowest BCUT2D eigenvalue weighted by Crippen LogP contribution is -2.31. The van der Waals surface area contributed by atoms with Crippen LogP contribution >= 0.6 is 12.2 Å². The van der Waals surface area contributed by atoms with Gasteiger partial charge in [-0.05, 0) is 37.4 Å². The van der Waals surface area contributed by atoms with Gasteiger partial charge in [0.1, 0.15) is 0 Å². The van der Waals surface area contributed by atoms with Gasteiger partial charge in [-0.1, -0.05) is 12.1 Å². The maximum absolute atomic E-state index is 10.8. The number of benzene rings is 1. The van der Waals surface area contributed by atoms with Crippen molar-refractivity contribution in [2.75, 3.05) is 6.54 Å². The second kappa shape index (κ2) is 7.93. The van der Waals surface area contributed by atoms with E-state index in [-0.39, 0.29) is 5.69 Å². The van der Waals surface area contributed by atoms with Gasteiger partial charge in [-0.15, -0.1) is 0 Å². The summed E-state index contributed by atoms with van der Waals surface area (Å²) in [6.07, 6.45) is 4.68. The number of nitro groups is 1. The molecule has 0 saturated carbocycles. The quantitative estimate of drug-likeness (QED) is 0.373. The fourth-order valence-corrected chi connectivity index (χ4v) is 1.48. The molecule has 6 nitrogen and oxygen atoms in total. The Bertz CT molecular complexity index is 514. The van der Waals surface area contributed by atoms with E-state index in [1.807, 2.05) is 6.92 Å². The molecule has 0 spiro atoms. The van der Waals surface area contributed by atoms with Gasteiger partial charge < -0.3 is 5.32 Å². The Morgan fingerprint density at radius 1 is 1.53 bits per heavy atom. The number of rotatable bonds is 5. The molecule has 0 heterocycles. The third-order valence-electron chi connectivity index (χ3n) is 2.07. The fraction of sp³-hybridized carbons (Fsp3) is 0.167. The Morgan fingerprint density at radius 2 is 2.26 bits per heavy atom. The maximum atomic E-state index is 10.8. The van der Waals surface area contributed by atoms with Crippen molar-refractivity contribution in [3.63, 3.8) is 0 Å². The van der Waals surface area contributed by atoms with E-state index in [1.165, 1.54) is 12.3 Å². The minimum absolute atomic E-state index is 0.0586. The molecular formula is C12H14N4O2S. The third-order valence-corrected chi connectivity index (χ3v) is 2.31. The van der Waals surface area contributed by atoms with E-state index in [1.54, 1.807) is 30.4 Å². The van der Waals surface area contributed by atoms with Crippen LogP contribution in [0.25, 0.3) is 6.08 Å². The predicted octanol–water partition coefficient (Wildman–Crippen LogP) is 2.08. The van der Waals surface area contributed by atoms with E-state index in [0.29, 0.717) is 17.2 Å². The second-order valence-corrected chi connectivity index (χ2v) is 3.83. The molecule has 1 aromatic carbocycles. The van der Waals surface area contributed by atoms with E-state index in [0.717, 1.165) is 0 Å². The molecule has 0 bridgehead atoms. The first kappa shape index (κ1) is 14.8. The molecule has 0 atom stereocenters. The van der Waals surface area contributed by atoms with E-state index in [2.05, 4.69) is 15.8 Å². The van der Waals surface area contributed by atoms with Gasteiger partial charge in [-0.3, -0.25) is 15.5 Å². The van der Waals surface area contributed by atoms with Crippen LogP contribution in [0.5, 0.6) is 0 Å². The molecule has 0 amide bonds. The zero-order valence-electron chi connectivity index (χ0n) is 10.4. The molecular weight excluding hydrogens is 264 g/mol. The topological polar surface area (TPSA) is 79.6 Å². The second-order valence-electron chi connectivity index (χ2n) is 3.42. The zero-order chi connectivity index (χ0) is 14.1. The van der Waals surface area contributed by atoms with Crippen LogP contribution in [0.1, 0.15) is 12.5 Å². The molecule has 0 unspecified atom stereocenters. The van der Waals surface area contributed by atoms with E-state index >= 15 is 0 Å². The Labute approximate surface area is 116 Å². The van der Waals surface area contributed by atoms with Gasteiger partial charge in [0.2, 0.25) is 0 Å². The van der Waals surface area contributed by atoms with Crippen molar-refractivity contribution in [2.24, 2.45) is 5.10 Å². The highest BCUT2D eigenvalue weighted by molar-refractivity contribution is 7.80. The van der Waals surface area contributed by atoms with Crippen molar-refractivity contribution in [3.8, 4) is 0 Å². The first-order chi connectivity index (χ1) is 9.15. The Morgan fingerprint density at radius 3 is 2.95 bits per heavy atom. The van der Waals surface area contributed by atoms with Gasteiger partial charge in [0, 0.05) is 18.8 Å². The molecule has 0 fully saturated rings. The van der Waals surface area contributed by atoms with Gasteiger partial charge in [0.05, 0.1) is 10.5 Å². The van der Waals surface area contributed by atoms with E-state index < -0.39 is 4.92 Å². The number of hydrazone groups is 1. The molecule has 1 rings (SSSR count). The van der Waals surface area contributed by atoms with Crippen molar-refractivity contribution in [2.45, 2.75) is 6.92 Å². The van der Waals surface area contributed by atoms with Crippen molar-refractivity contribution in [1.29, 1.82) is 0 Å². The van der Waals surface area contributed by atoms with E-state index in [4.69, 9.17) is 12.2 Å². The summed E-state index contributed by atoms with van der Waals surface area (Å²) in [7, 11) is 0. The number of allylic oxidation sites excluding steroid dienone is 1. The lowest BCUT2D eigenvalue weighted by atomic mass is 10.2. The summed E-state index contributed by atoms with van der Waals surface area (Å²) in [5.74, 6) is 0. The van der Waals surface area contributed by atoms with Crippen LogP contribution in [-0.4, -0.2) is 22.8 Å². The van der Waals surface area contributed by atoms with Gasteiger partial charge in [0.15, 0.2) is 5.11 Å². The van der Waals surface area contributed by atoms with Gasteiger partial charge >= 0.3 is 0 Å². The van der Waals surface area contributed by atoms with E-state index in [9.17, 15) is 10.1 Å². The lowest BCUT2D eigenvalue weighted by molar-refractivity contribution is -0.385. The van der Waals surface area contributed by atoms with Gasteiger partial charge in [-0.25, -0.2) is 0 Å². The molecule has 0 aliphatic carbocycles. The first-order valence-electron chi connectivity index (χ1n) is 5.62. The van der Waals surface area contributed by atoms with Crippen LogP contribution < -0.4 is 10.7 Å². The molecule has 0 aliphatic heterocycles. The Kier molecular flexibility index (Phi) is 6.17. The van der Waals surface area contributed by atoms with Crippen LogP contribution in [0.15, 0.2) is 35.4 Å². The smallest absolute Gasteiger partial charge is 0.276 e. The predicted molar refractivity (Wildman–Crippen MR) is 80.0 cm³/mol. The maximum Gasteiger partial charge on any atom is 0.276 e. The molecule has 7 heteroatoms. The number of nitrogens with one attached hydrogen (secondary N) is 2. The van der Waals surface area contributed by atoms with Crippen LogP contribution in [0, 0.1) is 10.1 Å². The molecule has 19 heavy (non-hydrogen) atoms. The number of nitrogens with zero attached hydrogens (tertiary/aromatic N) is 2. The number of thiocarbonyl (C=S) groups is 1. The summed E-state index contributed by atoms with van der Waals surface area (Å²) in [6.45, 7) is 2.64. The highest BCUT2D eigenvalue weighted by Gasteiger charge is 2.08. The molecule has 0 saturated heterocycles. The standard InChI is InChI=1S/C12H14N4O2S/c1-2-13-12(19)15-14-9-5-7-10-6-3-4-8-11(10)16(17)18/h3-9H,2H2,1H3,(H2,13,15,19). The highest BCUT2D eigenvalue weighted by atomic mass is 32.1. The van der Waals surface area contributed by atoms with Gasteiger partial charge in [0.25, 0.3) is 5.69 Å². The summed E-state index contributed by atoms with van der Waals surface area (Å²) >= 11 is 4.90. The van der Waals surface area contributed by atoms with Crippen molar-refractivity contribution >= 4 is 35.3 Å². The molecule has 0 radical (unpaired) electrons. The molecule has 2 N–H and O–H groups in total. The molecule has 0 aliphatic rings. The minimum atomic E-state index is -0.421. The number of nitro benzene ring substituents is 1. The summed E-state index contributed by atoms with van der Waals surface area (Å²) in [5.41, 5.74) is 3.19. The third kappa shape index (κ3) is 5.26. The summed E-state index contributed by atoms with van der Waals surface area (Å²) in [6, 6.07) is 6.48. The number of hydrogen-bond donors (Lipinski definition) is 2. The number of para-hydroxylation sites is 1. The summed E-state index contributed by atoms with van der Waals surface area (Å²) < 4.78 is 0. The van der Waals surface area contributed by atoms with Gasteiger partial charge in [-0.2, -0.15) is 5.10 Å². The lowest BCUT2D eigenvalue weighted by Gasteiger charge is -2.01. The highest BCUT2D eigenvalue weighted by Crippen LogP contribution is 2.18. The fourth-order valence-electron chi connectivity index (χ4n) is 1.28. The molecule has 1 aromatic rings.